The monoisotopic (exact) mass is 436 g/mol. The van der Waals surface area contributed by atoms with Crippen LogP contribution in [0.2, 0.25) is 0 Å². The SMILES string of the molecule is O=C(NCCc1nc2ccccc2n1CCOc1cccc2ccccc12)c1cccnc1. The Bertz CT molecular complexity index is 1390. The van der Waals surface area contributed by atoms with Gasteiger partial charge in [0.2, 0.25) is 0 Å². The van der Waals surface area contributed by atoms with E-state index in [1.165, 1.54) is 0 Å². The molecule has 0 bridgehead atoms. The molecule has 0 atom stereocenters. The molecule has 0 spiro atoms. The lowest BCUT2D eigenvalue weighted by molar-refractivity contribution is 0.0953. The molecule has 0 saturated heterocycles. The molecule has 2 aromatic heterocycles. The smallest absolute Gasteiger partial charge is 0.252 e. The number of hydrogen-bond donors (Lipinski definition) is 1. The Labute approximate surface area is 191 Å². The minimum Gasteiger partial charge on any atom is -0.491 e. The topological polar surface area (TPSA) is 69.0 Å². The molecule has 0 aliphatic carbocycles. The Balaban J connectivity index is 1.29. The van der Waals surface area contributed by atoms with Crippen LogP contribution in [0, 0.1) is 0 Å². The summed E-state index contributed by atoms with van der Waals surface area (Å²) in [4.78, 5) is 21.1. The van der Waals surface area contributed by atoms with E-state index in [0.29, 0.717) is 31.7 Å². The molecule has 5 aromatic rings. The number of nitrogens with one attached hydrogen (secondary N) is 1. The van der Waals surface area contributed by atoms with Crippen LogP contribution in [0.1, 0.15) is 16.2 Å². The summed E-state index contributed by atoms with van der Waals surface area (Å²) >= 11 is 0. The van der Waals surface area contributed by atoms with Crippen molar-refractivity contribution in [2.45, 2.75) is 13.0 Å². The summed E-state index contributed by atoms with van der Waals surface area (Å²) in [7, 11) is 0. The van der Waals surface area contributed by atoms with Gasteiger partial charge < -0.3 is 14.6 Å². The minimum absolute atomic E-state index is 0.134. The molecule has 0 aliphatic rings. The van der Waals surface area contributed by atoms with E-state index < -0.39 is 0 Å². The van der Waals surface area contributed by atoms with Crippen molar-refractivity contribution in [3.05, 3.63) is 103 Å². The van der Waals surface area contributed by atoms with Gasteiger partial charge in [-0.25, -0.2) is 4.98 Å². The predicted molar refractivity (Wildman–Crippen MR) is 129 cm³/mol. The minimum atomic E-state index is -0.134. The highest BCUT2D eigenvalue weighted by Gasteiger charge is 2.12. The van der Waals surface area contributed by atoms with Crippen LogP contribution in [0.25, 0.3) is 21.8 Å². The van der Waals surface area contributed by atoms with Crippen molar-refractivity contribution in [2.24, 2.45) is 0 Å². The highest BCUT2D eigenvalue weighted by molar-refractivity contribution is 5.93. The van der Waals surface area contributed by atoms with E-state index in [1.807, 2.05) is 42.5 Å². The maximum Gasteiger partial charge on any atom is 0.252 e. The van der Waals surface area contributed by atoms with Gasteiger partial charge in [0.15, 0.2) is 0 Å². The van der Waals surface area contributed by atoms with E-state index >= 15 is 0 Å². The zero-order valence-corrected chi connectivity index (χ0v) is 18.1. The first-order chi connectivity index (χ1) is 16.3. The van der Waals surface area contributed by atoms with Gasteiger partial charge in [0.05, 0.1) is 23.1 Å². The number of hydrogen-bond acceptors (Lipinski definition) is 4. The number of carbonyl (C=O) groups is 1. The van der Waals surface area contributed by atoms with E-state index in [9.17, 15) is 4.79 Å². The van der Waals surface area contributed by atoms with E-state index in [1.54, 1.807) is 24.5 Å². The molecule has 1 N–H and O–H groups in total. The summed E-state index contributed by atoms with van der Waals surface area (Å²) in [6, 6.07) is 25.9. The van der Waals surface area contributed by atoms with Gasteiger partial charge in [0.25, 0.3) is 5.91 Å². The van der Waals surface area contributed by atoms with Gasteiger partial charge in [0.1, 0.15) is 18.2 Å². The zero-order valence-electron chi connectivity index (χ0n) is 18.1. The van der Waals surface area contributed by atoms with Crippen molar-refractivity contribution >= 4 is 27.7 Å². The van der Waals surface area contributed by atoms with Crippen molar-refractivity contribution in [3.8, 4) is 5.75 Å². The van der Waals surface area contributed by atoms with Crippen molar-refractivity contribution in [3.63, 3.8) is 0 Å². The Hall–Kier alpha value is -4.19. The van der Waals surface area contributed by atoms with Gasteiger partial charge in [-0.05, 0) is 35.7 Å². The number of nitrogens with zero attached hydrogens (tertiary/aromatic N) is 3. The standard InChI is InChI=1S/C27H24N4O2/c32-27(21-9-6-15-28-19-21)29-16-14-26-30-23-11-3-4-12-24(23)31(26)17-18-33-25-13-5-8-20-7-1-2-10-22(20)25/h1-13,15,19H,14,16-18H2,(H,29,32). The average Bonchev–Trinajstić information content (AvgIpc) is 3.22. The number of fused-ring (bicyclic) bond motifs is 2. The molecule has 0 radical (unpaired) electrons. The molecule has 2 heterocycles. The summed E-state index contributed by atoms with van der Waals surface area (Å²) in [6.45, 7) is 1.67. The summed E-state index contributed by atoms with van der Waals surface area (Å²) in [6.07, 6.45) is 3.84. The lowest BCUT2D eigenvalue weighted by Crippen LogP contribution is -2.26. The fourth-order valence-electron chi connectivity index (χ4n) is 4.02. The van der Waals surface area contributed by atoms with Crippen LogP contribution in [0.3, 0.4) is 0 Å². The van der Waals surface area contributed by atoms with Crippen LogP contribution in [0.4, 0.5) is 0 Å². The first-order valence-electron chi connectivity index (χ1n) is 11.0. The van der Waals surface area contributed by atoms with Crippen molar-refractivity contribution < 1.29 is 9.53 Å². The average molecular weight is 437 g/mol. The molecule has 6 heteroatoms. The van der Waals surface area contributed by atoms with Crippen LogP contribution in [0.5, 0.6) is 5.75 Å². The van der Waals surface area contributed by atoms with Gasteiger partial charge in [-0.2, -0.15) is 0 Å². The molecule has 0 saturated carbocycles. The van der Waals surface area contributed by atoms with E-state index in [2.05, 4.69) is 39.1 Å². The number of carbonyl (C=O) groups excluding carboxylic acids is 1. The molecule has 1 amide bonds. The van der Waals surface area contributed by atoms with Crippen molar-refractivity contribution in [1.29, 1.82) is 0 Å². The Morgan fingerprint density at radius 3 is 2.70 bits per heavy atom. The largest absolute Gasteiger partial charge is 0.491 e. The quantitative estimate of drug-likeness (QED) is 0.385. The summed E-state index contributed by atoms with van der Waals surface area (Å²) in [5.41, 5.74) is 2.55. The Morgan fingerprint density at radius 1 is 0.939 bits per heavy atom. The fourth-order valence-corrected chi connectivity index (χ4v) is 4.02. The summed E-state index contributed by atoms with van der Waals surface area (Å²) in [5.74, 6) is 1.66. The first-order valence-corrected chi connectivity index (χ1v) is 11.0. The second-order valence-electron chi connectivity index (χ2n) is 7.74. The zero-order chi connectivity index (χ0) is 22.5. The molecule has 164 valence electrons. The van der Waals surface area contributed by atoms with Crippen LogP contribution in [-0.2, 0) is 13.0 Å². The number of rotatable bonds is 8. The number of amides is 1. The highest BCUT2D eigenvalue weighted by Crippen LogP contribution is 2.25. The first kappa shape index (κ1) is 20.7. The second kappa shape index (κ2) is 9.53. The molecule has 3 aromatic carbocycles. The molecular weight excluding hydrogens is 412 g/mol. The lowest BCUT2D eigenvalue weighted by atomic mass is 10.1. The number of ether oxygens (including phenoxy) is 1. The summed E-state index contributed by atoms with van der Waals surface area (Å²) in [5, 5.41) is 5.22. The molecular formula is C27H24N4O2. The number of aromatic nitrogens is 3. The van der Waals surface area contributed by atoms with Gasteiger partial charge in [-0.1, -0.05) is 48.5 Å². The fraction of sp³-hybridized carbons (Fsp3) is 0.148. The molecule has 0 unspecified atom stereocenters. The van der Waals surface area contributed by atoms with Gasteiger partial charge in [-0.3, -0.25) is 9.78 Å². The highest BCUT2D eigenvalue weighted by atomic mass is 16.5. The van der Waals surface area contributed by atoms with Crippen LogP contribution in [0.15, 0.2) is 91.3 Å². The van der Waals surface area contributed by atoms with Crippen molar-refractivity contribution in [2.75, 3.05) is 13.2 Å². The van der Waals surface area contributed by atoms with Crippen LogP contribution >= 0.6 is 0 Å². The Kier molecular flexibility index (Phi) is 5.97. The maximum atomic E-state index is 12.3. The predicted octanol–water partition coefficient (Wildman–Crippen LogP) is 4.64. The van der Waals surface area contributed by atoms with Gasteiger partial charge in [0, 0.05) is 30.7 Å². The van der Waals surface area contributed by atoms with Gasteiger partial charge in [-0.15, -0.1) is 0 Å². The summed E-state index contributed by atoms with van der Waals surface area (Å²) < 4.78 is 8.35. The maximum absolute atomic E-state index is 12.3. The number of imidazole rings is 1. The lowest BCUT2D eigenvalue weighted by Gasteiger charge is -2.13. The second-order valence-corrected chi connectivity index (χ2v) is 7.74. The molecule has 5 rings (SSSR count). The van der Waals surface area contributed by atoms with Crippen LogP contribution < -0.4 is 10.1 Å². The van der Waals surface area contributed by atoms with Crippen molar-refractivity contribution in [1.82, 2.24) is 19.9 Å². The third-order valence-electron chi connectivity index (χ3n) is 5.61. The third-order valence-corrected chi connectivity index (χ3v) is 5.61. The van der Waals surface area contributed by atoms with Crippen LogP contribution in [-0.4, -0.2) is 33.6 Å². The number of pyridine rings is 1. The molecule has 6 nitrogen and oxygen atoms in total. The van der Waals surface area contributed by atoms with E-state index in [4.69, 9.17) is 9.72 Å². The number of benzene rings is 3. The third kappa shape index (κ3) is 4.55. The van der Waals surface area contributed by atoms with E-state index in [0.717, 1.165) is 33.4 Å². The normalized spacial score (nSPS) is 11.0. The van der Waals surface area contributed by atoms with Gasteiger partial charge >= 0.3 is 0 Å². The molecule has 0 fully saturated rings. The number of para-hydroxylation sites is 2. The van der Waals surface area contributed by atoms with E-state index in [-0.39, 0.29) is 5.91 Å². The molecule has 33 heavy (non-hydrogen) atoms. The Morgan fingerprint density at radius 2 is 1.79 bits per heavy atom. The molecule has 0 aliphatic heterocycles.